The van der Waals surface area contributed by atoms with Crippen molar-refractivity contribution < 1.29 is 26.3 Å². The van der Waals surface area contributed by atoms with Gasteiger partial charge in [0.2, 0.25) is 0 Å². The van der Waals surface area contributed by atoms with Crippen molar-refractivity contribution in [3.8, 4) is 50.8 Å². The molecule has 10 heteroatoms. The number of fused-ring (bicyclic) bond motifs is 6. The second-order valence-electron chi connectivity index (χ2n) is 15.5. The minimum Gasteiger partial charge on any atom is -0.307 e. The fraction of sp³-hybridized carbons (Fsp3) is 0.0769. The molecule has 10 aromatic rings. The van der Waals surface area contributed by atoms with Crippen molar-refractivity contribution in [1.29, 1.82) is 5.26 Å². The third kappa shape index (κ3) is 6.28. The Morgan fingerprint density at radius 2 is 1.02 bits per heavy atom. The number of aryl methyl sites for hydroxylation is 2. The lowest BCUT2D eigenvalue weighted by Gasteiger charge is -2.20. The number of nitriles is 1. The Morgan fingerprint density at radius 3 is 1.55 bits per heavy atom. The van der Waals surface area contributed by atoms with Gasteiger partial charge in [-0.25, -0.2) is 0 Å². The lowest BCUT2D eigenvalue weighted by Crippen LogP contribution is -2.12. The highest BCUT2D eigenvalue weighted by molar-refractivity contribution is 6.13. The first kappa shape index (κ1) is 38.6. The summed E-state index contributed by atoms with van der Waals surface area (Å²) in [5.41, 5.74) is 8.30. The zero-order valence-electron chi connectivity index (χ0n) is 33.1. The first-order valence-corrected chi connectivity index (χ1v) is 19.7. The molecule has 0 N–H and O–H groups in total. The molecule has 3 aromatic heterocycles. The van der Waals surface area contributed by atoms with Crippen LogP contribution in [0.4, 0.5) is 26.3 Å². The second-order valence-corrected chi connectivity index (χ2v) is 15.5. The van der Waals surface area contributed by atoms with Crippen LogP contribution in [0.25, 0.3) is 88.4 Å². The summed E-state index contributed by atoms with van der Waals surface area (Å²) in [5.74, 6) is 0. The van der Waals surface area contributed by atoms with Crippen LogP contribution in [-0.4, -0.2) is 14.1 Å². The molecular formula is C52H32F6N4. The van der Waals surface area contributed by atoms with E-state index in [9.17, 15) is 31.6 Å². The summed E-state index contributed by atoms with van der Waals surface area (Å²) < 4.78 is 88.3. The first-order valence-electron chi connectivity index (χ1n) is 19.7. The third-order valence-electron chi connectivity index (χ3n) is 11.7. The normalized spacial score (nSPS) is 12.2. The lowest BCUT2D eigenvalue weighted by molar-refractivity contribution is -0.142. The minimum absolute atomic E-state index is 0.117. The molecule has 302 valence electrons. The van der Waals surface area contributed by atoms with Gasteiger partial charge in [-0.05, 0) is 108 Å². The number of para-hydroxylation sites is 2. The van der Waals surface area contributed by atoms with Crippen molar-refractivity contribution in [2.24, 2.45) is 0 Å². The molecule has 62 heavy (non-hydrogen) atoms. The molecule has 0 fully saturated rings. The van der Waals surface area contributed by atoms with Gasteiger partial charge in [-0.1, -0.05) is 90.5 Å². The summed E-state index contributed by atoms with van der Waals surface area (Å²) in [6.45, 7) is 4.19. The predicted octanol–water partition coefficient (Wildman–Crippen LogP) is 14.8. The number of hydrogen-bond acceptors (Lipinski definition) is 2. The van der Waals surface area contributed by atoms with Crippen LogP contribution < -0.4 is 0 Å². The topological polar surface area (TPSA) is 46.5 Å². The summed E-state index contributed by atoms with van der Waals surface area (Å²) in [5, 5.41) is 13.1. The van der Waals surface area contributed by atoms with E-state index >= 15 is 0 Å². The zero-order chi connectivity index (χ0) is 43.1. The number of rotatable bonds is 5. The number of aromatic nitrogens is 3. The molecule has 0 aliphatic rings. The number of benzene rings is 7. The van der Waals surface area contributed by atoms with Crippen molar-refractivity contribution in [2.75, 3.05) is 0 Å². The molecule has 0 saturated heterocycles. The summed E-state index contributed by atoms with van der Waals surface area (Å²) in [6.07, 6.45) is -6.43. The lowest BCUT2D eigenvalue weighted by atomic mass is 9.95. The smallest absolute Gasteiger partial charge is 0.307 e. The molecule has 0 radical (unpaired) electrons. The van der Waals surface area contributed by atoms with Crippen LogP contribution >= 0.6 is 0 Å². The fourth-order valence-corrected chi connectivity index (χ4v) is 8.93. The number of alkyl halides is 6. The van der Waals surface area contributed by atoms with Crippen molar-refractivity contribution >= 4 is 43.6 Å². The van der Waals surface area contributed by atoms with Gasteiger partial charge in [-0.15, -0.1) is 0 Å². The van der Waals surface area contributed by atoms with Crippen LogP contribution in [-0.2, 0) is 12.4 Å². The van der Waals surface area contributed by atoms with Gasteiger partial charge in [-0.2, -0.15) is 31.6 Å². The van der Waals surface area contributed by atoms with Gasteiger partial charge in [0, 0.05) is 27.1 Å². The van der Waals surface area contributed by atoms with Crippen molar-refractivity contribution in [1.82, 2.24) is 14.1 Å². The Labute approximate surface area is 351 Å². The number of hydrogen-bond donors (Lipinski definition) is 0. The summed E-state index contributed by atoms with van der Waals surface area (Å²) in [6, 6.07) is 44.6. The minimum atomic E-state index is -5.05. The molecule has 0 saturated carbocycles. The molecule has 10 rings (SSSR count). The van der Waals surface area contributed by atoms with Crippen LogP contribution in [0, 0.1) is 25.2 Å². The fourth-order valence-electron chi connectivity index (χ4n) is 8.93. The quantitative estimate of drug-likeness (QED) is 0.162. The molecular weight excluding hydrogens is 795 g/mol. The maximum Gasteiger partial charge on any atom is 0.417 e. The molecule has 0 aliphatic heterocycles. The molecule has 0 bridgehead atoms. The Bertz CT molecular complexity index is 3470. The molecule has 0 aliphatic carbocycles. The van der Waals surface area contributed by atoms with Crippen LogP contribution in [0.15, 0.2) is 158 Å². The third-order valence-corrected chi connectivity index (χ3v) is 11.7. The van der Waals surface area contributed by atoms with Gasteiger partial charge in [0.15, 0.2) is 0 Å². The first-order chi connectivity index (χ1) is 29.8. The van der Waals surface area contributed by atoms with Gasteiger partial charge in [0.05, 0.1) is 68.6 Å². The maximum absolute atomic E-state index is 14.4. The van der Waals surface area contributed by atoms with E-state index in [1.807, 2.05) is 59.3 Å². The summed E-state index contributed by atoms with van der Waals surface area (Å²) in [7, 11) is 0. The van der Waals surface area contributed by atoms with Gasteiger partial charge < -0.3 is 9.13 Å². The SMILES string of the molecule is Cc1ccc(-c2ccc3c(c2)c2ccccc2n3-c2cncc(-n3c4ccccc4c4cc(-c5ccc(C(F)(F)F)cc5C(F)(F)F)ccc43)c2-c2ccc(C#N)cc2)c(C)c1. The summed E-state index contributed by atoms with van der Waals surface area (Å²) >= 11 is 0. The average Bonchev–Trinajstić information content (AvgIpc) is 3.77. The molecule has 0 unspecified atom stereocenters. The molecule has 0 atom stereocenters. The Morgan fingerprint density at radius 1 is 0.500 bits per heavy atom. The van der Waals surface area contributed by atoms with E-state index in [4.69, 9.17) is 4.98 Å². The summed E-state index contributed by atoms with van der Waals surface area (Å²) in [4.78, 5) is 4.85. The monoisotopic (exact) mass is 826 g/mol. The van der Waals surface area contributed by atoms with Gasteiger partial charge in [-0.3, -0.25) is 4.98 Å². The predicted molar refractivity (Wildman–Crippen MR) is 233 cm³/mol. The number of pyridine rings is 1. The second kappa shape index (κ2) is 14.2. The van der Waals surface area contributed by atoms with Gasteiger partial charge >= 0.3 is 12.4 Å². The van der Waals surface area contributed by atoms with E-state index in [-0.39, 0.29) is 17.2 Å². The molecule has 4 nitrogen and oxygen atoms in total. The van der Waals surface area contributed by atoms with E-state index in [0.29, 0.717) is 28.2 Å². The average molecular weight is 827 g/mol. The molecule has 0 spiro atoms. The van der Waals surface area contributed by atoms with Crippen LogP contribution in [0.3, 0.4) is 0 Å². The Balaban J connectivity index is 1.25. The van der Waals surface area contributed by atoms with Gasteiger partial charge in [0.25, 0.3) is 0 Å². The van der Waals surface area contributed by atoms with Crippen LogP contribution in [0.1, 0.15) is 27.8 Å². The molecule has 0 amide bonds. The van der Waals surface area contributed by atoms with E-state index in [2.05, 4.69) is 73.0 Å². The van der Waals surface area contributed by atoms with Crippen molar-refractivity contribution in [3.63, 3.8) is 0 Å². The van der Waals surface area contributed by atoms with E-state index in [1.165, 1.54) is 17.2 Å². The van der Waals surface area contributed by atoms with Gasteiger partial charge in [0.1, 0.15) is 0 Å². The maximum atomic E-state index is 14.4. The van der Waals surface area contributed by atoms with E-state index in [0.717, 1.165) is 66.7 Å². The largest absolute Gasteiger partial charge is 0.417 e. The highest BCUT2D eigenvalue weighted by atomic mass is 19.4. The van der Waals surface area contributed by atoms with Crippen LogP contribution in [0.2, 0.25) is 0 Å². The highest BCUT2D eigenvalue weighted by Crippen LogP contribution is 2.45. The standard InChI is InChI=1S/C52H32F6N4/c1-30-11-19-37(31(2)23-30)34-16-21-46-41(24-34)39-7-3-5-9-44(39)61(46)48-28-60-29-49(50(48)33-14-12-32(27-59)13-15-33)62-45-10-6-4-8-40(45)42-25-35(17-22-47(42)62)38-20-18-36(51(53,54)55)26-43(38)52(56,57)58/h3-26,28-29H,1-2H3. The highest BCUT2D eigenvalue weighted by Gasteiger charge is 2.38. The van der Waals surface area contributed by atoms with E-state index < -0.39 is 23.5 Å². The Hall–Kier alpha value is -7.64. The molecule has 3 heterocycles. The van der Waals surface area contributed by atoms with Crippen molar-refractivity contribution in [3.05, 3.63) is 186 Å². The molecule has 7 aromatic carbocycles. The van der Waals surface area contributed by atoms with Crippen LogP contribution in [0.5, 0.6) is 0 Å². The van der Waals surface area contributed by atoms with E-state index in [1.54, 1.807) is 30.5 Å². The van der Waals surface area contributed by atoms with Crippen molar-refractivity contribution in [2.45, 2.75) is 26.2 Å². The zero-order valence-corrected chi connectivity index (χ0v) is 33.1. The Kier molecular flexibility index (Phi) is 8.85. The number of nitrogens with zero attached hydrogens (tertiary/aromatic N) is 4. The number of halogens is 6.